The van der Waals surface area contributed by atoms with Crippen molar-refractivity contribution < 1.29 is 43.1 Å². The Hall–Kier alpha value is -6.35. The second-order valence-corrected chi connectivity index (χ2v) is 37.8. The summed E-state index contributed by atoms with van der Waals surface area (Å²) in [4.78, 5) is 76.8. The lowest BCUT2D eigenvalue weighted by molar-refractivity contribution is -0.137. The van der Waals surface area contributed by atoms with Gasteiger partial charge in [-0.15, -0.1) is 0 Å². The average molecular weight is 1320 g/mol. The molecule has 1 unspecified atom stereocenters. The van der Waals surface area contributed by atoms with Crippen molar-refractivity contribution in [2.24, 2.45) is 0 Å². The largest absolute Gasteiger partial charge is 0.496 e. The average Bonchev–Trinajstić information content (AvgIpc) is 3.07. The number of hydrogen-bond acceptors (Lipinski definition) is 14. The summed E-state index contributed by atoms with van der Waals surface area (Å²) in [6, 6.07) is 13.6. The van der Waals surface area contributed by atoms with Crippen LogP contribution in [0.5, 0.6) is 0 Å². The predicted molar refractivity (Wildman–Crippen MR) is 348 cm³/mol. The number of aliphatic hydroxyl groups is 1. The highest BCUT2D eigenvalue weighted by atomic mass is 79.9. The third-order valence-corrected chi connectivity index (χ3v) is 18.8. The number of pyridine rings is 5. The number of fused-ring (bicyclic) bond motifs is 4. The van der Waals surface area contributed by atoms with Crippen molar-refractivity contribution in [3.8, 4) is 11.1 Å². The number of carbonyl (C=O) groups excluding carboxylic acids is 4. The van der Waals surface area contributed by atoms with E-state index in [0.29, 0.717) is 53.5 Å². The number of ether oxygens (including phenoxy) is 2. The molecule has 450 valence electrons. The number of likely N-dealkylation sites (N-methyl/N-ethyl adjacent to an activating group) is 1. The lowest BCUT2D eigenvalue weighted by Gasteiger charge is -2.32. The summed E-state index contributed by atoms with van der Waals surface area (Å²) < 4.78 is 29.7. The van der Waals surface area contributed by atoms with E-state index in [4.69, 9.17) is 18.8 Å². The molecule has 0 spiro atoms. The Morgan fingerprint density at radius 1 is 0.659 bits per heavy atom. The standard InChI is InChI=1S/C24H32N4O4Si.C21H33BN2O4Si.C9H7BrN2O.C7H5BrN2/c1-16(29)21-14-28(15-32-7-8-33(4,5)6)23-20(21)10-18(13-26-23)17-9-19(12-25-11-17)22(30)24(31)27(2)3;1-15(25)18-13-24(14-26-9-10-29(6,7)8)19-17(18)11-16(12-23-19)22-27-20(2,3)21(4,5)28-22;1-5(13)8-4-12-9-7(8)2-6(10)3-11-9;8-6-3-5-1-2-9-7(5)10-4-6/h9-14,22,30H,7-8,15H2,1-6H3;11-13H,9-10,14H2,1-8H3;2-4H,1H3,(H,11,12);1-4H,(H,9,10). The van der Waals surface area contributed by atoms with Crippen LogP contribution in [0.4, 0.5) is 0 Å². The van der Waals surface area contributed by atoms with Crippen molar-refractivity contribution >= 4 is 128 Å². The molecule has 0 aliphatic carbocycles. The van der Waals surface area contributed by atoms with E-state index < -0.39 is 46.5 Å². The first-order valence-electron chi connectivity index (χ1n) is 27.9. The summed E-state index contributed by atoms with van der Waals surface area (Å²) in [6.07, 6.45) is 15.9. The summed E-state index contributed by atoms with van der Waals surface area (Å²) in [6.45, 7) is 28.7. The maximum atomic E-state index is 12.3. The van der Waals surface area contributed by atoms with Crippen molar-refractivity contribution in [1.29, 1.82) is 0 Å². The van der Waals surface area contributed by atoms with Crippen LogP contribution in [-0.4, -0.2) is 139 Å². The molecule has 1 atom stereocenters. The van der Waals surface area contributed by atoms with Gasteiger partial charge in [0.25, 0.3) is 5.91 Å². The number of rotatable bonds is 17. The van der Waals surface area contributed by atoms with Gasteiger partial charge in [-0.25, -0.2) is 19.9 Å². The normalized spacial score (nSPS) is 14.1. The summed E-state index contributed by atoms with van der Waals surface area (Å²) in [5, 5.41) is 13.9. The second kappa shape index (κ2) is 27.6. The van der Waals surface area contributed by atoms with Crippen LogP contribution in [0.25, 0.3) is 55.3 Å². The molecule has 1 fully saturated rings. The van der Waals surface area contributed by atoms with Gasteiger partial charge in [0.1, 0.15) is 36.1 Å². The van der Waals surface area contributed by atoms with Gasteiger partial charge in [-0.05, 0) is 129 Å². The number of halogens is 2. The lowest BCUT2D eigenvalue weighted by Crippen LogP contribution is -2.41. The van der Waals surface area contributed by atoms with E-state index in [-0.39, 0.29) is 17.3 Å². The minimum Gasteiger partial charge on any atom is -0.399 e. The minimum absolute atomic E-state index is 0.00344. The molecule has 0 saturated carbocycles. The molecular weight excluding hydrogens is 1240 g/mol. The first kappa shape index (κ1) is 66.2. The molecule has 1 amide bonds. The highest BCUT2D eigenvalue weighted by molar-refractivity contribution is 9.10. The molecule has 1 aliphatic heterocycles. The van der Waals surface area contributed by atoms with Crippen molar-refractivity contribution in [2.45, 2.75) is 131 Å². The van der Waals surface area contributed by atoms with Crippen LogP contribution in [0.15, 0.2) is 107 Å². The Balaban J connectivity index is 0.000000178. The lowest BCUT2D eigenvalue weighted by atomic mass is 9.80. The molecule has 9 aromatic heterocycles. The fraction of sp³-hybridized carbons (Fsp3) is 0.393. The molecular formula is C61H77BBr2N10O9Si2. The molecule has 9 aromatic rings. The van der Waals surface area contributed by atoms with Crippen LogP contribution in [0.1, 0.15) is 91.2 Å². The third-order valence-electron chi connectivity index (χ3n) is 14.5. The smallest absolute Gasteiger partial charge is 0.399 e. The number of ketones is 3. The third kappa shape index (κ3) is 17.0. The van der Waals surface area contributed by atoms with Crippen LogP contribution < -0.4 is 5.46 Å². The van der Waals surface area contributed by atoms with Crippen molar-refractivity contribution in [2.75, 3.05) is 27.3 Å². The number of Topliss-reactive ketones (excluding diaryl/α,β-unsaturated/α-hetero) is 3. The summed E-state index contributed by atoms with van der Waals surface area (Å²) >= 11 is 6.65. The number of aromatic amines is 2. The molecule has 85 heavy (non-hydrogen) atoms. The van der Waals surface area contributed by atoms with Gasteiger partial charge in [-0.1, -0.05) is 39.3 Å². The number of nitrogens with zero attached hydrogens (tertiary/aromatic N) is 8. The SMILES string of the molecule is Brc1cnc2[nH]ccc2c1.CC(=O)c1c[nH]c2ncc(Br)cc12.CC(=O)c1cn(COCC[Si](C)(C)C)c2ncc(-c3cncc(C(O)C(=O)N(C)C)c3)cc12.CC(=O)c1cn(COCC[Si](C)(C)C)c2ncc(B3OC(C)(C)C(C)(C)O3)cc12. The molecule has 1 aliphatic rings. The van der Waals surface area contributed by atoms with E-state index in [0.717, 1.165) is 77.2 Å². The van der Waals surface area contributed by atoms with Gasteiger partial charge in [-0.2, -0.15) is 0 Å². The molecule has 3 N–H and O–H groups in total. The Labute approximate surface area is 515 Å². The first-order chi connectivity index (χ1) is 39.8. The fourth-order valence-corrected chi connectivity index (χ4v) is 11.0. The Bertz CT molecular complexity index is 3850. The van der Waals surface area contributed by atoms with Gasteiger partial charge in [-0.3, -0.25) is 24.2 Å². The quantitative estimate of drug-likeness (QED) is 0.0437. The number of aliphatic hydroxyl groups excluding tert-OH is 1. The summed E-state index contributed by atoms with van der Waals surface area (Å²) in [7, 11) is 0.343. The minimum atomic E-state index is -1.30. The first-order valence-corrected chi connectivity index (χ1v) is 36.9. The van der Waals surface area contributed by atoms with Crippen LogP contribution in [0.2, 0.25) is 51.4 Å². The maximum Gasteiger partial charge on any atom is 0.496 e. The number of amides is 1. The van der Waals surface area contributed by atoms with Gasteiger partial charge in [0.2, 0.25) is 0 Å². The van der Waals surface area contributed by atoms with Gasteiger partial charge in [0, 0.05) is 175 Å². The van der Waals surface area contributed by atoms with Crippen LogP contribution in [0.3, 0.4) is 0 Å². The molecule has 1 saturated heterocycles. The second-order valence-electron chi connectivity index (χ2n) is 24.7. The molecule has 10 heterocycles. The topological polar surface area (TPSA) is 235 Å². The number of hydrogen-bond donors (Lipinski definition) is 3. The zero-order valence-electron chi connectivity index (χ0n) is 51.2. The number of aromatic nitrogens is 9. The summed E-state index contributed by atoms with van der Waals surface area (Å²) in [5.74, 6) is -0.429. The zero-order chi connectivity index (χ0) is 62.3. The van der Waals surface area contributed by atoms with Crippen molar-refractivity contribution in [3.63, 3.8) is 0 Å². The van der Waals surface area contributed by atoms with E-state index in [2.05, 4.69) is 106 Å². The van der Waals surface area contributed by atoms with Crippen LogP contribution in [0, 0.1) is 0 Å². The van der Waals surface area contributed by atoms with Gasteiger partial charge in [0.05, 0.1) is 11.2 Å². The number of nitrogens with one attached hydrogen (secondary N) is 2. The van der Waals surface area contributed by atoms with Gasteiger partial charge < -0.3 is 47.9 Å². The Morgan fingerprint density at radius 2 is 1.18 bits per heavy atom. The number of H-pyrrole nitrogens is 2. The molecule has 24 heteroatoms. The number of carbonyl (C=O) groups is 4. The molecule has 10 rings (SSSR count). The van der Waals surface area contributed by atoms with E-state index >= 15 is 0 Å². The molecule has 0 aromatic carbocycles. The van der Waals surface area contributed by atoms with Crippen molar-refractivity contribution in [1.82, 2.24) is 48.9 Å². The van der Waals surface area contributed by atoms with E-state index in [1.165, 1.54) is 18.0 Å². The van der Waals surface area contributed by atoms with Gasteiger partial charge >= 0.3 is 7.12 Å². The maximum absolute atomic E-state index is 12.3. The van der Waals surface area contributed by atoms with Crippen LogP contribution in [-0.2, 0) is 37.0 Å². The zero-order valence-corrected chi connectivity index (χ0v) is 56.4. The highest BCUT2D eigenvalue weighted by Gasteiger charge is 2.52. The Kier molecular flexibility index (Phi) is 21.5. The Morgan fingerprint density at radius 3 is 1.72 bits per heavy atom. The van der Waals surface area contributed by atoms with Gasteiger partial charge in [0.15, 0.2) is 23.5 Å². The van der Waals surface area contributed by atoms with E-state index in [1.807, 2.05) is 79.6 Å². The predicted octanol–water partition coefficient (Wildman–Crippen LogP) is 12.4. The fourth-order valence-electron chi connectivity index (χ4n) is 8.80. The molecule has 0 radical (unpaired) electrons. The monoisotopic (exact) mass is 1320 g/mol. The van der Waals surface area contributed by atoms with E-state index in [9.17, 15) is 24.3 Å². The van der Waals surface area contributed by atoms with Crippen molar-refractivity contribution in [3.05, 3.63) is 130 Å². The molecule has 0 bridgehead atoms. The highest BCUT2D eigenvalue weighted by Crippen LogP contribution is 2.37. The summed E-state index contributed by atoms with van der Waals surface area (Å²) in [5.41, 5.74) is 6.77. The van der Waals surface area contributed by atoms with E-state index in [1.54, 1.807) is 77.4 Å². The van der Waals surface area contributed by atoms with Crippen LogP contribution >= 0.6 is 31.9 Å². The molecule has 19 nitrogen and oxygen atoms in total.